The molecule has 0 radical (unpaired) electrons. The van der Waals surface area contributed by atoms with Crippen molar-refractivity contribution in [3.05, 3.63) is 35.1 Å². The van der Waals surface area contributed by atoms with E-state index in [0.717, 1.165) is 5.76 Å². The largest absolute Gasteiger partial charge is 0.465 e. The molecule has 0 saturated carbocycles. The second-order valence-electron chi connectivity index (χ2n) is 4.44. The van der Waals surface area contributed by atoms with Gasteiger partial charge < -0.3 is 8.94 Å². The Morgan fingerprint density at radius 2 is 1.95 bits per heavy atom. The summed E-state index contributed by atoms with van der Waals surface area (Å²) in [7, 11) is -3.68. The molecule has 6 nitrogen and oxygen atoms in total. The van der Waals surface area contributed by atoms with Crippen LogP contribution in [0, 0.1) is 20.8 Å². The fourth-order valence-corrected chi connectivity index (χ4v) is 3.44. The molecule has 1 N–H and O–H groups in total. The topological polar surface area (TPSA) is 85.3 Å². The van der Waals surface area contributed by atoms with Gasteiger partial charge in [0.15, 0.2) is 5.76 Å². The van der Waals surface area contributed by atoms with E-state index in [-0.39, 0.29) is 10.7 Å². The first-order valence-corrected chi connectivity index (χ1v) is 7.31. The SMILES string of the molecule is Cc1ccc([C@@H](C)NS(=O)(=O)c2c(C)noc2C)o1. The van der Waals surface area contributed by atoms with Crippen molar-refractivity contribution < 1.29 is 17.4 Å². The number of aromatic nitrogens is 1. The molecule has 7 heteroatoms. The van der Waals surface area contributed by atoms with E-state index in [2.05, 4.69) is 9.88 Å². The second kappa shape index (κ2) is 4.82. The molecule has 2 aromatic heterocycles. The van der Waals surface area contributed by atoms with Crippen LogP contribution in [0.25, 0.3) is 0 Å². The zero-order valence-corrected chi connectivity index (χ0v) is 12.0. The lowest BCUT2D eigenvalue weighted by atomic mass is 10.3. The third kappa shape index (κ3) is 2.71. The quantitative estimate of drug-likeness (QED) is 0.930. The van der Waals surface area contributed by atoms with Gasteiger partial charge in [0.25, 0.3) is 0 Å². The van der Waals surface area contributed by atoms with Crippen molar-refractivity contribution in [3.8, 4) is 0 Å². The van der Waals surface area contributed by atoms with Gasteiger partial charge in [-0.2, -0.15) is 0 Å². The monoisotopic (exact) mass is 284 g/mol. The average Bonchev–Trinajstić information content (AvgIpc) is 2.85. The van der Waals surface area contributed by atoms with Gasteiger partial charge in [0, 0.05) is 0 Å². The summed E-state index contributed by atoms with van der Waals surface area (Å²) in [6.45, 7) is 6.68. The van der Waals surface area contributed by atoms with E-state index in [1.54, 1.807) is 39.8 Å². The van der Waals surface area contributed by atoms with E-state index in [1.807, 2.05) is 0 Å². The summed E-state index contributed by atoms with van der Waals surface area (Å²) in [5.74, 6) is 1.57. The Morgan fingerprint density at radius 3 is 2.42 bits per heavy atom. The maximum absolute atomic E-state index is 12.3. The number of rotatable bonds is 4. The highest BCUT2D eigenvalue weighted by Gasteiger charge is 2.27. The zero-order chi connectivity index (χ0) is 14.2. The van der Waals surface area contributed by atoms with Crippen LogP contribution in [-0.4, -0.2) is 13.6 Å². The van der Waals surface area contributed by atoms with Crippen LogP contribution in [0.1, 0.15) is 35.9 Å². The maximum atomic E-state index is 12.3. The Balaban J connectivity index is 2.27. The predicted molar refractivity (Wildman–Crippen MR) is 68.2 cm³/mol. The summed E-state index contributed by atoms with van der Waals surface area (Å²) in [5.41, 5.74) is 0.341. The number of nitrogens with one attached hydrogen (secondary N) is 1. The molecule has 0 aromatic carbocycles. The number of furan rings is 1. The summed E-state index contributed by atoms with van der Waals surface area (Å²) < 4.78 is 37.4. The predicted octanol–water partition coefficient (Wildman–Crippen LogP) is 2.23. The van der Waals surface area contributed by atoms with Crippen molar-refractivity contribution in [1.29, 1.82) is 0 Å². The second-order valence-corrected chi connectivity index (χ2v) is 6.10. The van der Waals surface area contributed by atoms with Crippen LogP contribution >= 0.6 is 0 Å². The molecule has 1 atom stereocenters. The van der Waals surface area contributed by atoms with Gasteiger partial charge in [0.2, 0.25) is 10.0 Å². The molecule has 0 spiro atoms. The molecule has 0 amide bonds. The minimum absolute atomic E-state index is 0.0858. The Kier molecular flexibility index (Phi) is 3.51. The molecule has 0 aliphatic heterocycles. The van der Waals surface area contributed by atoms with Gasteiger partial charge in [0.1, 0.15) is 22.1 Å². The molecular weight excluding hydrogens is 268 g/mol. The third-order valence-electron chi connectivity index (χ3n) is 2.76. The zero-order valence-electron chi connectivity index (χ0n) is 11.2. The fourth-order valence-electron chi connectivity index (χ4n) is 1.89. The van der Waals surface area contributed by atoms with Crippen LogP contribution in [-0.2, 0) is 10.0 Å². The Labute approximate surface area is 111 Å². The Morgan fingerprint density at radius 1 is 1.26 bits per heavy atom. The molecule has 2 aromatic rings. The van der Waals surface area contributed by atoms with Crippen molar-refractivity contribution in [2.24, 2.45) is 0 Å². The fraction of sp³-hybridized carbons (Fsp3) is 0.417. The molecule has 0 unspecified atom stereocenters. The van der Waals surface area contributed by atoms with E-state index in [4.69, 9.17) is 8.94 Å². The first-order chi connectivity index (χ1) is 8.81. The highest BCUT2D eigenvalue weighted by Crippen LogP contribution is 2.22. The van der Waals surface area contributed by atoms with E-state index >= 15 is 0 Å². The van der Waals surface area contributed by atoms with Gasteiger partial charge in [-0.3, -0.25) is 0 Å². The summed E-state index contributed by atoms with van der Waals surface area (Å²) in [6, 6.07) is 3.07. The molecule has 0 saturated heterocycles. The maximum Gasteiger partial charge on any atom is 0.246 e. The van der Waals surface area contributed by atoms with Crippen LogP contribution in [0.15, 0.2) is 26.0 Å². The van der Waals surface area contributed by atoms with E-state index < -0.39 is 16.1 Å². The highest BCUT2D eigenvalue weighted by molar-refractivity contribution is 7.89. The lowest BCUT2D eigenvalue weighted by Crippen LogP contribution is -2.27. The van der Waals surface area contributed by atoms with Crippen molar-refractivity contribution in [1.82, 2.24) is 9.88 Å². The van der Waals surface area contributed by atoms with Crippen molar-refractivity contribution >= 4 is 10.0 Å². The smallest absolute Gasteiger partial charge is 0.246 e. The molecule has 104 valence electrons. The molecule has 0 fully saturated rings. The first-order valence-electron chi connectivity index (χ1n) is 5.83. The highest BCUT2D eigenvalue weighted by atomic mass is 32.2. The third-order valence-corrected chi connectivity index (χ3v) is 4.54. The molecule has 2 heterocycles. The lowest BCUT2D eigenvalue weighted by Gasteiger charge is -2.11. The summed E-state index contributed by atoms with van der Waals surface area (Å²) >= 11 is 0. The van der Waals surface area contributed by atoms with Gasteiger partial charge in [-0.25, -0.2) is 13.1 Å². The number of hydrogen-bond acceptors (Lipinski definition) is 5. The molecule has 0 aliphatic rings. The summed E-state index contributed by atoms with van der Waals surface area (Å²) in [6.07, 6.45) is 0. The standard InChI is InChI=1S/C12H16N2O4S/c1-7-5-6-11(17-7)8(2)14-19(15,16)12-9(3)13-18-10(12)4/h5-6,8,14H,1-4H3/t8-/m1/s1. The Bertz CT molecular complexity index is 665. The summed E-state index contributed by atoms with van der Waals surface area (Å²) in [4.78, 5) is 0.0858. The number of sulfonamides is 1. The molecule has 2 rings (SSSR count). The van der Waals surface area contributed by atoms with Crippen molar-refractivity contribution in [3.63, 3.8) is 0 Å². The molecule has 0 bridgehead atoms. The van der Waals surface area contributed by atoms with Gasteiger partial charge in [-0.1, -0.05) is 5.16 Å². The van der Waals surface area contributed by atoms with E-state index in [1.165, 1.54) is 0 Å². The normalized spacial score (nSPS) is 13.7. The minimum atomic E-state index is -3.68. The lowest BCUT2D eigenvalue weighted by molar-refractivity contribution is 0.390. The molecule has 19 heavy (non-hydrogen) atoms. The Hall–Kier alpha value is -1.60. The first kappa shape index (κ1) is 13.8. The number of hydrogen-bond donors (Lipinski definition) is 1. The van der Waals surface area contributed by atoms with Crippen molar-refractivity contribution in [2.45, 2.75) is 38.6 Å². The molecular formula is C12H16N2O4S. The minimum Gasteiger partial charge on any atom is -0.465 e. The van der Waals surface area contributed by atoms with E-state index in [0.29, 0.717) is 11.5 Å². The van der Waals surface area contributed by atoms with Crippen LogP contribution in [0.5, 0.6) is 0 Å². The van der Waals surface area contributed by atoms with Gasteiger partial charge in [-0.05, 0) is 39.8 Å². The molecule has 0 aliphatic carbocycles. The van der Waals surface area contributed by atoms with Crippen LogP contribution in [0.3, 0.4) is 0 Å². The van der Waals surface area contributed by atoms with Gasteiger partial charge in [0.05, 0.1) is 6.04 Å². The van der Waals surface area contributed by atoms with Crippen molar-refractivity contribution in [2.75, 3.05) is 0 Å². The van der Waals surface area contributed by atoms with Crippen LogP contribution in [0.2, 0.25) is 0 Å². The average molecular weight is 284 g/mol. The summed E-state index contributed by atoms with van der Waals surface area (Å²) in [5, 5.41) is 3.65. The van der Waals surface area contributed by atoms with Gasteiger partial charge in [-0.15, -0.1) is 0 Å². The van der Waals surface area contributed by atoms with E-state index in [9.17, 15) is 8.42 Å². The van der Waals surface area contributed by atoms with Crippen LogP contribution < -0.4 is 4.72 Å². The van der Waals surface area contributed by atoms with Gasteiger partial charge >= 0.3 is 0 Å². The number of nitrogens with zero attached hydrogens (tertiary/aromatic N) is 1. The van der Waals surface area contributed by atoms with Crippen LogP contribution in [0.4, 0.5) is 0 Å². The number of aryl methyl sites for hydroxylation is 3.